The Morgan fingerprint density at radius 2 is 0.870 bits per heavy atom. The second-order valence-corrected chi connectivity index (χ2v) is 10.1. The van der Waals surface area contributed by atoms with Crippen LogP contribution in [0.4, 0.5) is 0 Å². The van der Waals surface area contributed by atoms with Gasteiger partial charge < -0.3 is 37.9 Å². The summed E-state index contributed by atoms with van der Waals surface area (Å²) in [7, 11) is 12.2. The first kappa shape index (κ1) is 33.5. The molecule has 4 aromatic carbocycles. The van der Waals surface area contributed by atoms with Gasteiger partial charge in [-0.1, -0.05) is 0 Å². The van der Waals surface area contributed by atoms with E-state index < -0.39 is 11.6 Å². The van der Waals surface area contributed by atoms with Gasteiger partial charge in [0, 0.05) is 23.3 Å². The molecule has 10 heteroatoms. The van der Waals surface area contributed by atoms with Crippen molar-refractivity contribution >= 4 is 11.6 Å². The Labute approximate surface area is 268 Å². The van der Waals surface area contributed by atoms with Gasteiger partial charge in [-0.3, -0.25) is 9.59 Å². The van der Waals surface area contributed by atoms with Crippen LogP contribution in [0.25, 0.3) is 11.1 Å². The van der Waals surface area contributed by atoms with Gasteiger partial charge in [-0.25, -0.2) is 0 Å². The summed E-state index contributed by atoms with van der Waals surface area (Å²) in [5.41, 5.74) is 3.12. The van der Waals surface area contributed by atoms with E-state index in [0.29, 0.717) is 64.2 Å². The van der Waals surface area contributed by atoms with Crippen LogP contribution < -0.4 is 37.9 Å². The number of carbonyl (C=O) groups is 2. The highest BCUT2D eigenvalue weighted by molar-refractivity contribution is 6.50. The minimum Gasteiger partial charge on any atom is -0.497 e. The molecule has 0 radical (unpaired) electrons. The van der Waals surface area contributed by atoms with E-state index in [1.807, 2.05) is 24.3 Å². The first-order valence-electron chi connectivity index (χ1n) is 14.3. The molecule has 0 heterocycles. The lowest BCUT2D eigenvalue weighted by Gasteiger charge is -2.19. The van der Waals surface area contributed by atoms with E-state index >= 15 is 0 Å². The highest BCUT2D eigenvalue weighted by atomic mass is 16.5. The maximum absolute atomic E-state index is 14.1. The maximum Gasteiger partial charge on any atom is 0.234 e. The van der Waals surface area contributed by atoms with Crippen molar-refractivity contribution in [2.45, 2.75) is 12.8 Å². The van der Waals surface area contributed by atoms with E-state index in [2.05, 4.69) is 0 Å². The van der Waals surface area contributed by atoms with E-state index in [4.69, 9.17) is 37.9 Å². The Hall–Kier alpha value is -5.38. The molecule has 0 amide bonds. The van der Waals surface area contributed by atoms with E-state index in [1.54, 1.807) is 39.5 Å². The number of aryl methyl sites for hydroxylation is 2. The number of Topliss-reactive ketones (excluding diaryl/α,β-unsaturated/α-hetero) is 2. The van der Waals surface area contributed by atoms with Crippen LogP contribution in [0.1, 0.15) is 31.8 Å². The average Bonchev–Trinajstić information content (AvgIpc) is 3.11. The van der Waals surface area contributed by atoms with Crippen LogP contribution in [0, 0.1) is 0 Å². The zero-order valence-electron chi connectivity index (χ0n) is 27.3. The molecule has 4 rings (SSSR count). The molecule has 0 saturated carbocycles. The third kappa shape index (κ3) is 7.12. The quantitative estimate of drug-likeness (QED) is 0.110. The summed E-state index contributed by atoms with van der Waals surface area (Å²) in [6.07, 6.45) is 1.12. The Morgan fingerprint density at radius 3 is 1.35 bits per heavy atom. The number of benzene rings is 4. The van der Waals surface area contributed by atoms with Crippen LogP contribution in [0.3, 0.4) is 0 Å². The summed E-state index contributed by atoms with van der Waals surface area (Å²) in [4.78, 5) is 27.9. The summed E-state index contributed by atoms with van der Waals surface area (Å²) in [5.74, 6) is 2.20. The minimum absolute atomic E-state index is 0.112. The van der Waals surface area contributed by atoms with Crippen molar-refractivity contribution in [1.29, 1.82) is 0 Å². The number of ketones is 2. The lowest BCUT2D eigenvalue weighted by Crippen LogP contribution is -2.16. The lowest BCUT2D eigenvalue weighted by atomic mass is 9.88. The van der Waals surface area contributed by atoms with Gasteiger partial charge in [0.2, 0.25) is 11.6 Å². The second-order valence-electron chi connectivity index (χ2n) is 10.1. The summed E-state index contributed by atoms with van der Waals surface area (Å²) in [5, 5.41) is 0. The highest BCUT2D eigenvalue weighted by Gasteiger charge is 2.27. The number of rotatable bonds is 15. The van der Waals surface area contributed by atoms with Gasteiger partial charge in [0.25, 0.3) is 0 Å². The summed E-state index contributed by atoms with van der Waals surface area (Å²) < 4.78 is 44.0. The molecule has 242 valence electrons. The predicted molar refractivity (Wildman–Crippen MR) is 173 cm³/mol. The molecular formula is C36H38O10. The standard InChI is InChI=1S/C36H38O10/c1-39-24-11-21(12-25(16-24)40-2)9-10-22-15-31(43-5)32(44-6)18-28(22)29-19-33(45-7)34(46-8)20-30(29)36(38)35(37)23-13-26(41-3)17-27(14-23)42-4/h11-20H,9-10H2,1-8H3. The summed E-state index contributed by atoms with van der Waals surface area (Å²) in [6.45, 7) is 0. The van der Waals surface area contributed by atoms with Gasteiger partial charge in [-0.05, 0) is 83.6 Å². The highest BCUT2D eigenvalue weighted by Crippen LogP contribution is 2.42. The molecule has 10 nitrogen and oxygen atoms in total. The fourth-order valence-corrected chi connectivity index (χ4v) is 5.15. The van der Waals surface area contributed by atoms with Gasteiger partial charge in [0.1, 0.15) is 23.0 Å². The van der Waals surface area contributed by atoms with Gasteiger partial charge in [-0.2, -0.15) is 0 Å². The van der Waals surface area contributed by atoms with Gasteiger partial charge in [0.15, 0.2) is 23.0 Å². The Bertz CT molecular complexity index is 1680. The van der Waals surface area contributed by atoms with Crippen molar-refractivity contribution in [2.24, 2.45) is 0 Å². The molecular weight excluding hydrogens is 592 g/mol. The SMILES string of the molecule is COc1cc(CCc2cc(OC)c(OC)cc2-c2cc(OC)c(OC)cc2C(=O)C(=O)c2cc(OC)cc(OC)c2)cc(OC)c1. The maximum atomic E-state index is 14.1. The van der Waals surface area contributed by atoms with Crippen molar-refractivity contribution in [3.05, 3.63) is 82.9 Å². The topological polar surface area (TPSA) is 108 Å². The monoisotopic (exact) mass is 630 g/mol. The normalized spacial score (nSPS) is 10.5. The minimum atomic E-state index is -0.760. The summed E-state index contributed by atoms with van der Waals surface area (Å²) >= 11 is 0. The molecule has 0 aliphatic heterocycles. The first-order valence-corrected chi connectivity index (χ1v) is 14.3. The molecule has 46 heavy (non-hydrogen) atoms. The van der Waals surface area contributed by atoms with Crippen molar-refractivity contribution in [2.75, 3.05) is 56.9 Å². The van der Waals surface area contributed by atoms with E-state index in [0.717, 1.165) is 11.1 Å². The number of hydrogen-bond donors (Lipinski definition) is 0. The lowest BCUT2D eigenvalue weighted by molar-refractivity contribution is 0.0817. The van der Waals surface area contributed by atoms with Crippen molar-refractivity contribution in [1.82, 2.24) is 0 Å². The molecule has 0 bridgehead atoms. The van der Waals surface area contributed by atoms with Crippen molar-refractivity contribution in [3.8, 4) is 57.1 Å². The molecule has 0 spiro atoms. The van der Waals surface area contributed by atoms with Gasteiger partial charge in [-0.15, -0.1) is 0 Å². The Kier molecular flexibility index (Phi) is 11.0. The summed E-state index contributed by atoms with van der Waals surface area (Å²) in [6, 6.07) is 17.1. The Balaban J connectivity index is 1.90. The van der Waals surface area contributed by atoms with Crippen LogP contribution in [0.2, 0.25) is 0 Å². The third-order valence-corrected chi connectivity index (χ3v) is 7.58. The molecule has 0 aliphatic carbocycles. The van der Waals surface area contributed by atoms with Crippen LogP contribution in [0.15, 0.2) is 60.7 Å². The zero-order chi connectivity index (χ0) is 33.4. The van der Waals surface area contributed by atoms with Crippen LogP contribution in [-0.2, 0) is 12.8 Å². The molecule has 0 unspecified atom stereocenters. The average molecular weight is 631 g/mol. The molecule has 0 aromatic heterocycles. The number of methoxy groups -OCH3 is 8. The molecule has 0 N–H and O–H groups in total. The van der Waals surface area contributed by atoms with Crippen LogP contribution in [0.5, 0.6) is 46.0 Å². The Morgan fingerprint density at radius 1 is 0.435 bits per heavy atom. The molecule has 4 aromatic rings. The van der Waals surface area contributed by atoms with Gasteiger partial charge >= 0.3 is 0 Å². The zero-order valence-corrected chi connectivity index (χ0v) is 27.3. The first-order chi connectivity index (χ1) is 22.2. The molecule has 0 atom stereocenters. The van der Waals surface area contributed by atoms with E-state index in [1.165, 1.54) is 53.7 Å². The molecule has 0 fully saturated rings. The largest absolute Gasteiger partial charge is 0.497 e. The van der Waals surface area contributed by atoms with Crippen molar-refractivity contribution < 1.29 is 47.5 Å². The number of carbonyl (C=O) groups excluding carboxylic acids is 2. The smallest absolute Gasteiger partial charge is 0.234 e. The molecule has 0 aliphatic rings. The van der Waals surface area contributed by atoms with Gasteiger partial charge in [0.05, 0.1) is 56.9 Å². The third-order valence-electron chi connectivity index (χ3n) is 7.58. The number of hydrogen-bond acceptors (Lipinski definition) is 10. The number of ether oxygens (including phenoxy) is 8. The van der Waals surface area contributed by atoms with E-state index in [9.17, 15) is 9.59 Å². The second kappa shape index (κ2) is 15.1. The van der Waals surface area contributed by atoms with Crippen LogP contribution >= 0.6 is 0 Å². The fourth-order valence-electron chi connectivity index (χ4n) is 5.15. The van der Waals surface area contributed by atoms with E-state index in [-0.39, 0.29) is 16.9 Å². The van der Waals surface area contributed by atoms with Crippen LogP contribution in [-0.4, -0.2) is 68.4 Å². The van der Waals surface area contributed by atoms with Crippen molar-refractivity contribution in [3.63, 3.8) is 0 Å². The fraction of sp³-hybridized carbons (Fsp3) is 0.278. The molecule has 0 saturated heterocycles. The predicted octanol–water partition coefficient (Wildman–Crippen LogP) is 6.27.